The van der Waals surface area contributed by atoms with E-state index in [1.165, 1.54) is 0 Å². The highest BCUT2D eigenvalue weighted by Gasteiger charge is 2.36. The Hall–Kier alpha value is -3.72. The fourth-order valence-electron chi connectivity index (χ4n) is 3.94. The van der Waals surface area contributed by atoms with Crippen LogP contribution in [0.4, 0.5) is 0 Å². The van der Waals surface area contributed by atoms with Crippen LogP contribution >= 0.6 is 0 Å². The molecule has 3 heteroatoms. The van der Waals surface area contributed by atoms with Crippen molar-refractivity contribution in [3.63, 3.8) is 0 Å². The Kier molecular flexibility index (Phi) is 4.96. The van der Waals surface area contributed by atoms with Crippen molar-refractivity contribution in [1.82, 2.24) is 0 Å². The van der Waals surface area contributed by atoms with Gasteiger partial charge in [0, 0.05) is 5.41 Å². The van der Waals surface area contributed by atoms with Crippen LogP contribution in [0.15, 0.2) is 103 Å². The summed E-state index contributed by atoms with van der Waals surface area (Å²) in [4.78, 5) is 0. The van der Waals surface area contributed by atoms with Crippen LogP contribution in [0, 0.1) is 0 Å². The third kappa shape index (κ3) is 3.67. The minimum Gasteiger partial charge on any atom is -0.508 e. The second-order valence-corrected chi connectivity index (χ2v) is 7.21. The lowest BCUT2D eigenvalue weighted by atomic mass is 9.66. The molecule has 0 amide bonds. The lowest BCUT2D eigenvalue weighted by Crippen LogP contribution is -2.32. The first-order chi connectivity index (χ1) is 14.1. The average molecular weight is 382 g/mol. The van der Waals surface area contributed by atoms with Crippen LogP contribution in [-0.4, -0.2) is 15.3 Å². The molecular weight excluding hydrogens is 360 g/mol. The first-order valence-corrected chi connectivity index (χ1v) is 9.50. The minimum absolute atomic E-state index is 0.214. The number of benzene rings is 4. The van der Waals surface area contributed by atoms with Crippen LogP contribution in [-0.2, 0) is 11.8 Å². The Morgan fingerprint density at radius 2 is 0.828 bits per heavy atom. The number of rotatable bonds is 5. The van der Waals surface area contributed by atoms with Crippen molar-refractivity contribution in [1.29, 1.82) is 0 Å². The standard InChI is InChI=1S/C26H22O3/c27-23-12-6-19(7-13-23)18-26(20-4-2-1-3-5-20,21-8-14-24(28)15-9-21)22-10-16-25(29)17-11-22/h1-17,27-29H,18H2. The van der Waals surface area contributed by atoms with E-state index in [2.05, 4.69) is 12.1 Å². The number of hydrogen-bond donors (Lipinski definition) is 3. The number of phenols is 3. The van der Waals surface area contributed by atoms with Crippen LogP contribution in [0.5, 0.6) is 17.2 Å². The molecule has 4 rings (SSSR count). The summed E-state index contributed by atoms with van der Waals surface area (Å²) >= 11 is 0. The largest absolute Gasteiger partial charge is 0.508 e. The van der Waals surface area contributed by atoms with E-state index in [9.17, 15) is 15.3 Å². The maximum absolute atomic E-state index is 9.86. The first kappa shape index (κ1) is 18.6. The molecule has 0 saturated carbocycles. The predicted octanol–water partition coefficient (Wildman–Crippen LogP) is 5.38. The lowest BCUT2D eigenvalue weighted by molar-refractivity contribution is 0.472. The summed E-state index contributed by atoms with van der Waals surface area (Å²) in [5.41, 5.74) is 3.68. The van der Waals surface area contributed by atoms with Crippen molar-refractivity contribution in [2.75, 3.05) is 0 Å². The molecule has 0 radical (unpaired) electrons. The van der Waals surface area contributed by atoms with E-state index in [4.69, 9.17) is 0 Å². The quantitative estimate of drug-likeness (QED) is 0.406. The first-order valence-electron chi connectivity index (χ1n) is 9.50. The zero-order chi connectivity index (χ0) is 20.3. The highest BCUT2D eigenvalue weighted by Crippen LogP contribution is 2.43. The van der Waals surface area contributed by atoms with Gasteiger partial charge in [-0.05, 0) is 65.1 Å². The van der Waals surface area contributed by atoms with Crippen LogP contribution in [0.2, 0.25) is 0 Å². The summed E-state index contributed by atoms with van der Waals surface area (Å²) in [6.45, 7) is 0. The molecule has 0 aliphatic carbocycles. The van der Waals surface area contributed by atoms with E-state index in [1.807, 2.05) is 54.6 Å². The third-order valence-electron chi connectivity index (χ3n) is 5.39. The molecule has 0 fully saturated rings. The van der Waals surface area contributed by atoms with Gasteiger partial charge in [-0.3, -0.25) is 0 Å². The van der Waals surface area contributed by atoms with Gasteiger partial charge in [0.05, 0.1) is 0 Å². The van der Waals surface area contributed by atoms with Crippen LogP contribution in [0.25, 0.3) is 0 Å². The van der Waals surface area contributed by atoms with Gasteiger partial charge < -0.3 is 15.3 Å². The maximum Gasteiger partial charge on any atom is 0.115 e. The van der Waals surface area contributed by atoms with E-state index < -0.39 is 5.41 Å². The second kappa shape index (κ2) is 7.72. The summed E-state index contributed by atoms with van der Waals surface area (Å²) in [6, 6.07) is 32.0. The van der Waals surface area contributed by atoms with Crippen LogP contribution in [0.3, 0.4) is 0 Å². The monoisotopic (exact) mass is 382 g/mol. The maximum atomic E-state index is 9.86. The van der Waals surface area contributed by atoms with E-state index in [0.717, 1.165) is 22.3 Å². The Bertz CT molecular complexity index is 1020. The summed E-state index contributed by atoms with van der Waals surface area (Å²) in [5.74, 6) is 0.658. The molecule has 0 heterocycles. The van der Waals surface area contributed by atoms with Gasteiger partial charge in [0.25, 0.3) is 0 Å². The fourth-order valence-corrected chi connectivity index (χ4v) is 3.94. The Balaban J connectivity index is 1.99. The Morgan fingerprint density at radius 1 is 0.448 bits per heavy atom. The van der Waals surface area contributed by atoms with Gasteiger partial charge in [-0.2, -0.15) is 0 Å². The molecular formula is C26H22O3. The highest BCUT2D eigenvalue weighted by molar-refractivity contribution is 5.53. The summed E-state index contributed by atoms with van der Waals surface area (Å²) < 4.78 is 0. The zero-order valence-electron chi connectivity index (χ0n) is 15.9. The molecule has 0 bridgehead atoms. The molecule has 0 saturated heterocycles. The fraction of sp³-hybridized carbons (Fsp3) is 0.0769. The van der Waals surface area contributed by atoms with Crippen molar-refractivity contribution in [3.8, 4) is 17.2 Å². The van der Waals surface area contributed by atoms with Gasteiger partial charge in [0.1, 0.15) is 17.2 Å². The van der Waals surface area contributed by atoms with Crippen LogP contribution < -0.4 is 0 Å². The molecule has 0 spiro atoms. The predicted molar refractivity (Wildman–Crippen MR) is 114 cm³/mol. The second-order valence-electron chi connectivity index (χ2n) is 7.21. The zero-order valence-corrected chi connectivity index (χ0v) is 15.9. The van der Waals surface area contributed by atoms with Gasteiger partial charge in [-0.25, -0.2) is 0 Å². The summed E-state index contributed by atoms with van der Waals surface area (Å²) in [6.07, 6.45) is 0.646. The van der Waals surface area contributed by atoms with E-state index >= 15 is 0 Å². The highest BCUT2D eigenvalue weighted by atomic mass is 16.3. The van der Waals surface area contributed by atoms with Gasteiger partial charge in [0.15, 0.2) is 0 Å². The molecule has 4 aromatic rings. The molecule has 0 atom stereocenters. The van der Waals surface area contributed by atoms with Gasteiger partial charge >= 0.3 is 0 Å². The SMILES string of the molecule is Oc1ccc(CC(c2ccccc2)(c2ccc(O)cc2)c2ccc(O)cc2)cc1. The van der Waals surface area contributed by atoms with Crippen LogP contribution in [0.1, 0.15) is 22.3 Å². The van der Waals surface area contributed by atoms with Gasteiger partial charge in [0.2, 0.25) is 0 Å². The molecule has 144 valence electrons. The van der Waals surface area contributed by atoms with Gasteiger partial charge in [-0.15, -0.1) is 0 Å². The summed E-state index contributed by atoms with van der Waals surface area (Å²) in [7, 11) is 0. The van der Waals surface area contributed by atoms with Crippen molar-refractivity contribution in [2.24, 2.45) is 0 Å². The van der Waals surface area contributed by atoms with Crippen molar-refractivity contribution in [3.05, 3.63) is 125 Å². The van der Waals surface area contributed by atoms with Crippen molar-refractivity contribution >= 4 is 0 Å². The molecule has 3 nitrogen and oxygen atoms in total. The number of phenolic OH excluding ortho intramolecular Hbond substituents is 3. The summed E-state index contributed by atoms with van der Waals surface area (Å²) in [5, 5.41) is 29.4. The number of hydrogen-bond acceptors (Lipinski definition) is 3. The van der Waals surface area contributed by atoms with E-state index in [1.54, 1.807) is 36.4 Å². The normalized spacial score (nSPS) is 11.3. The molecule has 29 heavy (non-hydrogen) atoms. The van der Waals surface area contributed by atoms with Gasteiger partial charge in [-0.1, -0.05) is 66.7 Å². The number of aromatic hydroxyl groups is 3. The molecule has 4 aromatic carbocycles. The molecule has 3 N–H and O–H groups in total. The molecule has 0 aliphatic rings. The van der Waals surface area contributed by atoms with Crippen molar-refractivity contribution < 1.29 is 15.3 Å². The minimum atomic E-state index is -0.542. The topological polar surface area (TPSA) is 60.7 Å². The third-order valence-corrected chi connectivity index (χ3v) is 5.39. The molecule has 0 unspecified atom stereocenters. The average Bonchev–Trinajstić information content (AvgIpc) is 2.75. The lowest BCUT2D eigenvalue weighted by Gasteiger charge is -2.36. The molecule has 0 aliphatic heterocycles. The smallest absolute Gasteiger partial charge is 0.115 e. The van der Waals surface area contributed by atoms with E-state index in [0.29, 0.717) is 6.42 Å². The van der Waals surface area contributed by atoms with E-state index in [-0.39, 0.29) is 17.2 Å². The van der Waals surface area contributed by atoms with Crippen molar-refractivity contribution in [2.45, 2.75) is 11.8 Å². The molecule has 0 aromatic heterocycles. The Morgan fingerprint density at radius 3 is 1.28 bits per heavy atom. The Labute approximate surface area is 170 Å².